The number of piperazine rings is 1. The summed E-state index contributed by atoms with van der Waals surface area (Å²) in [6, 6.07) is 20.8. The van der Waals surface area contributed by atoms with Gasteiger partial charge in [0.2, 0.25) is 5.91 Å². The van der Waals surface area contributed by atoms with Crippen LogP contribution in [0.5, 0.6) is 5.75 Å². The van der Waals surface area contributed by atoms with Gasteiger partial charge in [-0.2, -0.15) is 0 Å². The van der Waals surface area contributed by atoms with Crippen LogP contribution in [-0.4, -0.2) is 56.5 Å². The summed E-state index contributed by atoms with van der Waals surface area (Å²) in [5.41, 5.74) is 2.33. The summed E-state index contributed by atoms with van der Waals surface area (Å²) in [5.74, 6) is 0.0247. The van der Waals surface area contributed by atoms with Crippen molar-refractivity contribution >= 4 is 28.9 Å². The maximum atomic E-state index is 14.0. The topological polar surface area (TPSA) is 73.9 Å². The molecule has 1 heterocycles. The van der Waals surface area contributed by atoms with Crippen molar-refractivity contribution in [2.24, 2.45) is 0 Å². The Morgan fingerprint density at radius 2 is 1.57 bits per heavy atom. The number of amides is 2. The number of hydrogen-bond acceptors (Lipinski definition) is 5. The second-order valence-electron chi connectivity index (χ2n) is 8.31. The number of rotatable bonds is 8. The molecule has 3 aromatic carbocycles. The van der Waals surface area contributed by atoms with Crippen LogP contribution in [0.1, 0.15) is 16.8 Å². The maximum Gasteiger partial charge on any atom is 0.255 e. The fraction of sp³-hybridized carbons (Fsp3) is 0.259. The van der Waals surface area contributed by atoms with E-state index in [2.05, 4.69) is 15.5 Å². The number of carbonyl (C=O) groups excluding carboxylic acids is 2. The second kappa shape index (κ2) is 11.5. The monoisotopic (exact) mass is 476 g/mol. The fourth-order valence-electron chi connectivity index (χ4n) is 4.05. The normalized spacial score (nSPS) is 13.8. The highest BCUT2D eigenvalue weighted by Gasteiger charge is 2.19. The molecule has 2 N–H and O–H groups in total. The third kappa shape index (κ3) is 6.36. The van der Waals surface area contributed by atoms with E-state index in [1.165, 1.54) is 6.07 Å². The lowest BCUT2D eigenvalue weighted by Gasteiger charge is -2.36. The number of nitrogens with one attached hydrogen (secondary N) is 2. The Morgan fingerprint density at radius 1 is 0.886 bits per heavy atom. The van der Waals surface area contributed by atoms with Crippen LogP contribution in [0.2, 0.25) is 0 Å². The first-order valence-corrected chi connectivity index (χ1v) is 11.6. The summed E-state index contributed by atoms with van der Waals surface area (Å²) in [6.45, 7) is 3.63. The van der Waals surface area contributed by atoms with Gasteiger partial charge < -0.3 is 20.3 Å². The predicted molar refractivity (Wildman–Crippen MR) is 136 cm³/mol. The number of benzene rings is 3. The minimum atomic E-state index is -0.262. The molecule has 0 aliphatic carbocycles. The van der Waals surface area contributed by atoms with E-state index in [1.54, 1.807) is 55.6 Å². The highest BCUT2D eigenvalue weighted by molar-refractivity contribution is 6.05. The van der Waals surface area contributed by atoms with Crippen molar-refractivity contribution in [1.29, 1.82) is 0 Å². The average molecular weight is 477 g/mol. The van der Waals surface area contributed by atoms with Crippen LogP contribution in [0, 0.1) is 5.82 Å². The number of methoxy groups -OCH3 is 1. The SMILES string of the molecule is COc1ccccc1NC(=O)c1ccc(NC(=O)CCN2CCN(c3ccccc3F)CC2)cc1. The number of para-hydroxylation sites is 3. The van der Waals surface area contributed by atoms with Crippen LogP contribution in [0.15, 0.2) is 72.8 Å². The van der Waals surface area contributed by atoms with E-state index >= 15 is 0 Å². The summed E-state index contributed by atoms with van der Waals surface area (Å²) < 4.78 is 19.3. The van der Waals surface area contributed by atoms with Gasteiger partial charge in [-0.1, -0.05) is 24.3 Å². The predicted octanol–water partition coefficient (Wildman–Crippen LogP) is 4.24. The van der Waals surface area contributed by atoms with Gasteiger partial charge in [0.25, 0.3) is 5.91 Å². The van der Waals surface area contributed by atoms with E-state index in [4.69, 9.17) is 4.74 Å². The number of anilines is 3. The molecular formula is C27H29FN4O3. The molecule has 8 heteroatoms. The number of nitrogens with zero attached hydrogens (tertiary/aromatic N) is 2. The van der Waals surface area contributed by atoms with E-state index in [-0.39, 0.29) is 17.6 Å². The van der Waals surface area contributed by atoms with Gasteiger partial charge in [0.15, 0.2) is 0 Å². The van der Waals surface area contributed by atoms with E-state index in [1.807, 2.05) is 23.1 Å². The molecule has 4 rings (SSSR count). The molecule has 35 heavy (non-hydrogen) atoms. The van der Waals surface area contributed by atoms with Crippen LogP contribution in [0.25, 0.3) is 0 Å². The first-order chi connectivity index (χ1) is 17.0. The summed E-state index contributed by atoms with van der Waals surface area (Å²) in [4.78, 5) is 29.2. The Morgan fingerprint density at radius 3 is 2.29 bits per heavy atom. The highest BCUT2D eigenvalue weighted by atomic mass is 19.1. The second-order valence-corrected chi connectivity index (χ2v) is 8.31. The molecular weight excluding hydrogens is 447 g/mol. The standard InChI is InChI=1S/C27H29FN4O3/c1-35-25-9-5-3-7-23(25)30-27(34)20-10-12-21(13-11-20)29-26(33)14-15-31-16-18-32(19-17-31)24-8-4-2-6-22(24)28/h2-13H,14-19H2,1H3,(H,29,33)(H,30,34). The van der Waals surface area contributed by atoms with Crippen molar-refractivity contribution in [2.45, 2.75) is 6.42 Å². The molecule has 0 aromatic heterocycles. The first-order valence-electron chi connectivity index (χ1n) is 11.6. The third-order valence-electron chi connectivity index (χ3n) is 6.01. The molecule has 7 nitrogen and oxygen atoms in total. The number of ether oxygens (including phenoxy) is 1. The molecule has 1 aliphatic heterocycles. The van der Waals surface area contributed by atoms with Crippen LogP contribution < -0.4 is 20.3 Å². The minimum absolute atomic E-state index is 0.0900. The highest BCUT2D eigenvalue weighted by Crippen LogP contribution is 2.24. The Bertz CT molecular complexity index is 1160. The molecule has 3 aromatic rings. The van der Waals surface area contributed by atoms with Gasteiger partial charge in [-0.15, -0.1) is 0 Å². The zero-order valence-electron chi connectivity index (χ0n) is 19.7. The molecule has 0 unspecified atom stereocenters. The van der Waals surface area contributed by atoms with Crippen LogP contribution in [0.3, 0.4) is 0 Å². The van der Waals surface area contributed by atoms with Crippen LogP contribution in [0.4, 0.5) is 21.5 Å². The molecule has 2 amide bonds. The zero-order valence-corrected chi connectivity index (χ0v) is 19.7. The molecule has 0 spiro atoms. The Balaban J connectivity index is 1.22. The summed E-state index contributed by atoms with van der Waals surface area (Å²) in [6.07, 6.45) is 0.357. The number of carbonyl (C=O) groups is 2. The molecule has 1 fully saturated rings. The maximum absolute atomic E-state index is 14.0. The smallest absolute Gasteiger partial charge is 0.255 e. The molecule has 0 radical (unpaired) electrons. The average Bonchev–Trinajstić information content (AvgIpc) is 2.89. The van der Waals surface area contributed by atoms with Crippen molar-refractivity contribution in [3.63, 3.8) is 0 Å². The zero-order chi connectivity index (χ0) is 24.6. The van der Waals surface area contributed by atoms with Gasteiger partial charge in [0, 0.05) is 50.4 Å². The van der Waals surface area contributed by atoms with Gasteiger partial charge >= 0.3 is 0 Å². The summed E-state index contributed by atoms with van der Waals surface area (Å²) in [5, 5.41) is 5.71. The van der Waals surface area contributed by atoms with Gasteiger partial charge in [0.1, 0.15) is 11.6 Å². The van der Waals surface area contributed by atoms with Crippen LogP contribution >= 0.6 is 0 Å². The number of halogens is 1. The Hall–Kier alpha value is -3.91. The van der Waals surface area contributed by atoms with Gasteiger partial charge in [0.05, 0.1) is 18.5 Å². The van der Waals surface area contributed by atoms with E-state index in [0.29, 0.717) is 41.3 Å². The molecule has 0 saturated carbocycles. The van der Waals surface area contributed by atoms with Crippen molar-refractivity contribution in [3.05, 3.63) is 84.2 Å². The van der Waals surface area contributed by atoms with Crippen LogP contribution in [-0.2, 0) is 4.79 Å². The Labute approximate surface area is 204 Å². The molecule has 182 valence electrons. The van der Waals surface area contributed by atoms with Crippen molar-refractivity contribution in [3.8, 4) is 5.75 Å². The lowest BCUT2D eigenvalue weighted by molar-refractivity contribution is -0.116. The van der Waals surface area contributed by atoms with Crippen molar-refractivity contribution in [2.75, 3.05) is 55.4 Å². The largest absolute Gasteiger partial charge is 0.495 e. The minimum Gasteiger partial charge on any atom is -0.495 e. The lowest BCUT2D eigenvalue weighted by Crippen LogP contribution is -2.47. The molecule has 0 atom stereocenters. The quantitative estimate of drug-likeness (QED) is 0.509. The molecule has 1 saturated heterocycles. The van der Waals surface area contributed by atoms with Crippen molar-refractivity contribution in [1.82, 2.24) is 4.90 Å². The van der Waals surface area contributed by atoms with Crippen molar-refractivity contribution < 1.29 is 18.7 Å². The third-order valence-corrected chi connectivity index (χ3v) is 6.01. The van der Waals surface area contributed by atoms with E-state index < -0.39 is 0 Å². The number of hydrogen-bond donors (Lipinski definition) is 2. The van der Waals surface area contributed by atoms with Gasteiger partial charge in [-0.25, -0.2) is 4.39 Å². The molecule has 0 bridgehead atoms. The summed E-state index contributed by atoms with van der Waals surface area (Å²) in [7, 11) is 1.55. The van der Waals surface area contributed by atoms with Gasteiger partial charge in [-0.3, -0.25) is 14.5 Å². The Kier molecular flexibility index (Phi) is 7.95. The van der Waals surface area contributed by atoms with E-state index in [0.717, 1.165) is 26.2 Å². The lowest BCUT2D eigenvalue weighted by atomic mass is 10.1. The summed E-state index contributed by atoms with van der Waals surface area (Å²) >= 11 is 0. The molecule has 1 aliphatic rings. The first kappa shape index (κ1) is 24.2. The van der Waals surface area contributed by atoms with Gasteiger partial charge in [-0.05, 0) is 48.5 Å². The fourth-order valence-corrected chi connectivity index (χ4v) is 4.05. The van der Waals surface area contributed by atoms with E-state index in [9.17, 15) is 14.0 Å².